The van der Waals surface area contributed by atoms with Crippen molar-refractivity contribution < 1.29 is 23.3 Å². The summed E-state index contributed by atoms with van der Waals surface area (Å²) in [7, 11) is 1.42. The van der Waals surface area contributed by atoms with Crippen LogP contribution in [0.5, 0.6) is 5.75 Å². The van der Waals surface area contributed by atoms with Crippen molar-refractivity contribution in [1.82, 2.24) is 0 Å². The summed E-state index contributed by atoms with van der Waals surface area (Å²) in [6.07, 6.45) is 0. The van der Waals surface area contributed by atoms with Crippen molar-refractivity contribution in [2.75, 3.05) is 32.0 Å². The molecule has 1 aliphatic heterocycles. The Morgan fingerprint density at radius 1 is 1.21 bits per heavy atom. The van der Waals surface area contributed by atoms with Crippen molar-refractivity contribution in [2.24, 2.45) is 5.73 Å². The molecule has 8 heteroatoms. The first-order valence-electron chi connectivity index (χ1n) is 8.77. The Hall–Kier alpha value is -2.70. The van der Waals surface area contributed by atoms with E-state index in [9.17, 15) is 4.39 Å². The number of nitrogens with two attached hydrogens (primary N) is 1. The Morgan fingerprint density at radius 3 is 2.54 bits per heavy atom. The number of anilines is 1. The maximum absolute atomic E-state index is 14.1. The van der Waals surface area contributed by atoms with Gasteiger partial charge in [-0.3, -0.25) is 0 Å². The highest BCUT2D eigenvalue weighted by molar-refractivity contribution is 5.50. The van der Waals surface area contributed by atoms with Gasteiger partial charge in [0.2, 0.25) is 0 Å². The molecule has 1 aliphatic rings. The van der Waals surface area contributed by atoms with Crippen LogP contribution < -0.4 is 15.4 Å². The third-order valence-electron chi connectivity index (χ3n) is 4.21. The van der Waals surface area contributed by atoms with Crippen molar-refractivity contribution in [3.8, 4) is 11.8 Å². The van der Waals surface area contributed by atoms with Crippen LogP contribution in [0, 0.1) is 17.1 Å². The van der Waals surface area contributed by atoms with E-state index in [0.29, 0.717) is 25.3 Å². The summed E-state index contributed by atoms with van der Waals surface area (Å²) in [5, 5.41) is 8.99. The van der Waals surface area contributed by atoms with Gasteiger partial charge in [0.1, 0.15) is 6.73 Å². The fraction of sp³-hybridized carbons (Fsp3) is 0.350. The van der Waals surface area contributed by atoms with Crippen LogP contribution in [0.25, 0.3) is 0 Å². The maximum atomic E-state index is 14.1. The molecule has 0 bridgehead atoms. The number of halogens is 1. The number of benzene rings is 2. The van der Waals surface area contributed by atoms with Crippen molar-refractivity contribution in [3.05, 3.63) is 59.4 Å². The number of ether oxygens (including phenoxy) is 4. The molecule has 28 heavy (non-hydrogen) atoms. The van der Waals surface area contributed by atoms with E-state index in [-0.39, 0.29) is 18.5 Å². The summed E-state index contributed by atoms with van der Waals surface area (Å²) in [5.74, 6) is -0.251. The summed E-state index contributed by atoms with van der Waals surface area (Å²) >= 11 is 0. The topological polar surface area (TPSA) is 90.0 Å². The molecule has 0 radical (unpaired) electrons. The lowest BCUT2D eigenvalue weighted by Gasteiger charge is -2.30. The molecule has 0 saturated carbocycles. The van der Waals surface area contributed by atoms with Crippen LogP contribution >= 0.6 is 0 Å². The molecule has 148 valence electrons. The number of nitriles is 1. The van der Waals surface area contributed by atoms with Gasteiger partial charge in [-0.15, -0.1) is 0 Å². The van der Waals surface area contributed by atoms with Gasteiger partial charge in [0.25, 0.3) is 6.48 Å². The van der Waals surface area contributed by atoms with E-state index in [4.69, 9.17) is 29.9 Å². The van der Waals surface area contributed by atoms with Crippen molar-refractivity contribution in [3.63, 3.8) is 0 Å². The molecule has 1 fully saturated rings. The summed E-state index contributed by atoms with van der Waals surface area (Å²) < 4.78 is 35.5. The molecular weight excluding hydrogens is 365 g/mol. The molecule has 0 aromatic heterocycles. The number of rotatable bonds is 7. The quantitative estimate of drug-likeness (QED) is 0.729. The Balaban J connectivity index is 1.73. The van der Waals surface area contributed by atoms with E-state index < -0.39 is 12.3 Å². The molecular formula is C20H22FN3O4. The molecule has 3 rings (SSSR count). The standard InChI is InChI=1S/C20H22FN3O4/c1-25-19-7-4-15(8-18(19)21)10-24(17-5-2-14(9-22)3-6-17)13-28-20-26-11-16(23)12-27-20/h2-8,16,20H,10-13,23H2,1H3. The van der Waals surface area contributed by atoms with Gasteiger partial charge in [-0.05, 0) is 42.0 Å². The van der Waals surface area contributed by atoms with E-state index in [1.54, 1.807) is 36.4 Å². The summed E-state index contributed by atoms with van der Waals surface area (Å²) in [4.78, 5) is 1.88. The largest absolute Gasteiger partial charge is 0.494 e. The molecule has 1 heterocycles. The van der Waals surface area contributed by atoms with E-state index in [2.05, 4.69) is 6.07 Å². The second-order valence-electron chi connectivity index (χ2n) is 6.34. The second-order valence-corrected chi connectivity index (χ2v) is 6.34. The molecule has 0 atom stereocenters. The van der Waals surface area contributed by atoms with Gasteiger partial charge in [0.15, 0.2) is 11.6 Å². The lowest BCUT2D eigenvalue weighted by atomic mass is 10.1. The third-order valence-corrected chi connectivity index (χ3v) is 4.21. The van der Waals surface area contributed by atoms with Gasteiger partial charge in [0.05, 0.1) is 38.0 Å². The Labute approximate surface area is 163 Å². The molecule has 0 aliphatic carbocycles. The zero-order valence-corrected chi connectivity index (χ0v) is 15.5. The number of hydrogen-bond acceptors (Lipinski definition) is 7. The van der Waals surface area contributed by atoms with E-state index in [1.165, 1.54) is 13.2 Å². The predicted octanol–water partition coefficient (Wildman–Crippen LogP) is 2.34. The van der Waals surface area contributed by atoms with Crippen LogP contribution in [0.1, 0.15) is 11.1 Å². The average Bonchev–Trinajstić information content (AvgIpc) is 2.72. The summed E-state index contributed by atoms with van der Waals surface area (Å²) in [6.45, 7) is 0.405. The smallest absolute Gasteiger partial charge is 0.273 e. The number of hydrogen-bond donors (Lipinski definition) is 1. The lowest BCUT2D eigenvalue weighted by molar-refractivity contribution is -0.313. The highest BCUT2D eigenvalue weighted by atomic mass is 19.1. The molecule has 2 aromatic rings. The van der Waals surface area contributed by atoms with Crippen LogP contribution in [-0.4, -0.2) is 39.6 Å². The lowest BCUT2D eigenvalue weighted by Crippen LogP contribution is -2.43. The van der Waals surface area contributed by atoms with Crippen LogP contribution in [0.2, 0.25) is 0 Å². The fourth-order valence-electron chi connectivity index (χ4n) is 2.73. The van der Waals surface area contributed by atoms with Gasteiger partial charge >= 0.3 is 0 Å². The normalized spacial score (nSPS) is 19.1. The Morgan fingerprint density at radius 2 is 1.93 bits per heavy atom. The zero-order valence-electron chi connectivity index (χ0n) is 15.5. The SMILES string of the molecule is COc1ccc(CN(COC2OCC(N)CO2)c2ccc(C#N)cc2)cc1F. The van der Waals surface area contributed by atoms with Crippen LogP contribution in [0.3, 0.4) is 0 Å². The molecule has 0 spiro atoms. The maximum Gasteiger partial charge on any atom is 0.273 e. The number of nitrogens with zero attached hydrogens (tertiary/aromatic N) is 2. The summed E-state index contributed by atoms with van der Waals surface area (Å²) in [6, 6.07) is 13.7. The molecule has 2 aromatic carbocycles. The van der Waals surface area contributed by atoms with Gasteiger partial charge < -0.3 is 29.6 Å². The predicted molar refractivity (Wildman–Crippen MR) is 99.9 cm³/mol. The molecule has 7 nitrogen and oxygen atoms in total. The van der Waals surface area contributed by atoms with Gasteiger partial charge in [0, 0.05) is 12.2 Å². The molecule has 1 saturated heterocycles. The Bertz CT molecular complexity index is 817. The minimum Gasteiger partial charge on any atom is -0.494 e. The Kier molecular flexibility index (Phi) is 6.79. The fourth-order valence-corrected chi connectivity index (χ4v) is 2.73. The first kappa shape index (κ1) is 20.0. The molecule has 0 unspecified atom stereocenters. The van der Waals surface area contributed by atoms with Crippen molar-refractivity contribution >= 4 is 5.69 Å². The third kappa shape index (κ3) is 5.18. The van der Waals surface area contributed by atoms with Gasteiger partial charge in [-0.2, -0.15) is 5.26 Å². The van der Waals surface area contributed by atoms with Crippen molar-refractivity contribution in [2.45, 2.75) is 19.1 Å². The van der Waals surface area contributed by atoms with Crippen LogP contribution in [-0.2, 0) is 20.8 Å². The molecule has 2 N–H and O–H groups in total. The molecule has 0 amide bonds. The zero-order chi connectivity index (χ0) is 19.9. The van der Waals surface area contributed by atoms with Gasteiger partial charge in [-0.1, -0.05) is 6.07 Å². The minimum atomic E-state index is -0.812. The highest BCUT2D eigenvalue weighted by Gasteiger charge is 2.21. The minimum absolute atomic E-state index is 0.138. The van der Waals surface area contributed by atoms with Crippen molar-refractivity contribution in [1.29, 1.82) is 5.26 Å². The monoisotopic (exact) mass is 387 g/mol. The second kappa shape index (κ2) is 9.48. The van der Waals surface area contributed by atoms with E-state index >= 15 is 0 Å². The number of methoxy groups -OCH3 is 1. The van der Waals surface area contributed by atoms with Gasteiger partial charge in [-0.25, -0.2) is 4.39 Å². The first-order chi connectivity index (χ1) is 13.6. The summed E-state index contributed by atoms with van der Waals surface area (Å²) in [5.41, 5.74) is 7.82. The van der Waals surface area contributed by atoms with Crippen LogP contribution in [0.15, 0.2) is 42.5 Å². The van der Waals surface area contributed by atoms with E-state index in [0.717, 1.165) is 11.3 Å². The first-order valence-corrected chi connectivity index (χ1v) is 8.77. The average molecular weight is 387 g/mol. The highest BCUT2D eigenvalue weighted by Crippen LogP contribution is 2.22. The van der Waals surface area contributed by atoms with E-state index in [1.807, 2.05) is 4.90 Å². The van der Waals surface area contributed by atoms with Crippen LogP contribution in [0.4, 0.5) is 10.1 Å².